The molecule has 2 aromatic rings. The predicted molar refractivity (Wildman–Crippen MR) is 83.5 cm³/mol. The third-order valence-corrected chi connectivity index (χ3v) is 3.19. The zero-order chi connectivity index (χ0) is 16.8. The number of Topliss-reactive ketones (excluding diaryl/α,β-unsaturated/α-hetero) is 1. The van der Waals surface area contributed by atoms with Gasteiger partial charge in [0.2, 0.25) is 0 Å². The Morgan fingerprint density at radius 1 is 1.04 bits per heavy atom. The van der Waals surface area contributed by atoms with Crippen molar-refractivity contribution in [3.63, 3.8) is 0 Å². The summed E-state index contributed by atoms with van der Waals surface area (Å²) in [5.41, 5.74) is 1.50. The summed E-state index contributed by atoms with van der Waals surface area (Å²) >= 11 is 0. The molecule has 0 spiro atoms. The van der Waals surface area contributed by atoms with Crippen LogP contribution in [0.25, 0.3) is 0 Å². The summed E-state index contributed by atoms with van der Waals surface area (Å²) < 4.78 is 26.1. The fourth-order valence-electron chi connectivity index (χ4n) is 1.93. The van der Waals surface area contributed by atoms with Crippen LogP contribution in [-0.2, 0) is 0 Å². The van der Waals surface area contributed by atoms with Gasteiger partial charge in [0.25, 0.3) is 0 Å². The van der Waals surface area contributed by atoms with Gasteiger partial charge in [-0.2, -0.15) is 0 Å². The number of urea groups is 1. The average Bonchev–Trinajstić information content (AvgIpc) is 2.50. The second-order valence-corrected chi connectivity index (χ2v) is 5.04. The van der Waals surface area contributed by atoms with Crippen molar-refractivity contribution in [1.82, 2.24) is 5.32 Å². The average molecular weight is 318 g/mol. The van der Waals surface area contributed by atoms with E-state index in [0.717, 1.165) is 17.7 Å². The first-order valence-electron chi connectivity index (χ1n) is 7.05. The highest BCUT2D eigenvalue weighted by Crippen LogP contribution is 2.14. The van der Waals surface area contributed by atoms with Gasteiger partial charge in [0.05, 0.1) is 5.69 Å². The highest BCUT2D eigenvalue weighted by molar-refractivity contribution is 5.96. The molecule has 6 heteroatoms. The number of nitrogens with one attached hydrogen (secondary N) is 2. The maximum absolute atomic E-state index is 13.4. The first-order valence-corrected chi connectivity index (χ1v) is 7.05. The molecule has 0 radical (unpaired) electrons. The largest absolute Gasteiger partial charge is 0.337 e. The van der Waals surface area contributed by atoms with Crippen molar-refractivity contribution < 1.29 is 18.4 Å². The minimum Gasteiger partial charge on any atom is -0.337 e. The third-order valence-electron chi connectivity index (χ3n) is 3.19. The topological polar surface area (TPSA) is 58.2 Å². The Hall–Kier alpha value is -2.76. The van der Waals surface area contributed by atoms with Crippen LogP contribution in [0.1, 0.15) is 22.3 Å². The van der Waals surface area contributed by atoms with E-state index in [0.29, 0.717) is 11.6 Å². The molecule has 0 saturated carbocycles. The highest BCUT2D eigenvalue weighted by atomic mass is 19.1. The van der Waals surface area contributed by atoms with Gasteiger partial charge in [0.1, 0.15) is 11.6 Å². The fourth-order valence-corrected chi connectivity index (χ4v) is 1.93. The Balaban J connectivity index is 1.80. The summed E-state index contributed by atoms with van der Waals surface area (Å²) in [4.78, 5) is 23.5. The van der Waals surface area contributed by atoms with Crippen molar-refractivity contribution in [1.29, 1.82) is 0 Å². The smallest absolute Gasteiger partial charge is 0.319 e. The standard InChI is InChI=1S/C17H16F2N2O2/c1-11-2-4-12(5-3-11)16(22)8-9-20-17(23)21-15-7-6-13(18)10-14(15)19/h2-7,10H,8-9H2,1H3,(H2,20,21,23). The van der Waals surface area contributed by atoms with E-state index in [1.807, 2.05) is 19.1 Å². The number of anilines is 1. The van der Waals surface area contributed by atoms with E-state index in [-0.39, 0.29) is 24.4 Å². The third kappa shape index (κ3) is 4.88. The number of benzene rings is 2. The Bertz CT molecular complexity index is 715. The number of carbonyl (C=O) groups is 2. The van der Waals surface area contributed by atoms with Gasteiger partial charge in [-0.05, 0) is 19.1 Å². The van der Waals surface area contributed by atoms with Crippen molar-refractivity contribution in [3.8, 4) is 0 Å². The van der Waals surface area contributed by atoms with E-state index >= 15 is 0 Å². The molecule has 2 amide bonds. The van der Waals surface area contributed by atoms with Crippen LogP contribution < -0.4 is 10.6 Å². The molecule has 0 fully saturated rings. The minimum absolute atomic E-state index is 0.0988. The lowest BCUT2D eigenvalue weighted by Crippen LogP contribution is -2.31. The van der Waals surface area contributed by atoms with Crippen LogP contribution in [0.2, 0.25) is 0 Å². The zero-order valence-electron chi connectivity index (χ0n) is 12.5. The Morgan fingerprint density at radius 2 is 1.74 bits per heavy atom. The Morgan fingerprint density at radius 3 is 2.39 bits per heavy atom. The summed E-state index contributed by atoms with van der Waals surface area (Å²) in [7, 11) is 0. The van der Waals surface area contributed by atoms with Crippen LogP contribution in [0.15, 0.2) is 42.5 Å². The summed E-state index contributed by atoms with van der Waals surface area (Å²) in [6, 6.07) is 9.32. The first kappa shape index (κ1) is 16.6. The van der Waals surface area contributed by atoms with Gasteiger partial charge in [-0.15, -0.1) is 0 Å². The lowest BCUT2D eigenvalue weighted by atomic mass is 10.1. The monoisotopic (exact) mass is 318 g/mol. The van der Waals surface area contributed by atoms with E-state index in [2.05, 4.69) is 10.6 Å². The summed E-state index contributed by atoms with van der Waals surface area (Å²) in [6.45, 7) is 2.04. The van der Waals surface area contributed by atoms with E-state index in [1.54, 1.807) is 12.1 Å². The Kier molecular flexibility index (Phi) is 5.41. The van der Waals surface area contributed by atoms with Crippen molar-refractivity contribution in [2.24, 2.45) is 0 Å². The molecule has 23 heavy (non-hydrogen) atoms. The highest BCUT2D eigenvalue weighted by Gasteiger charge is 2.09. The van der Waals surface area contributed by atoms with Crippen LogP contribution in [-0.4, -0.2) is 18.4 Å². The number of halogens is 2. The van der Waals surface area contributed by atoms with Crippen LogP contribution in [0.5, 0.6) is 0 Å². The molecule has 0 bridgehead atoms. The second kappa shape index (κ2) is 7.49. The molecule has 0 aromatic heterocycles. The normalized spacial score (nSPS) is 10.2. The fraction of sp³-hybridized carbons (Fsp3) is 0.176. The number of hydrogen-bond acceptors (Lipinski definition) is 2. The van der Waals surface area contributed by atoms with E-state index in [1.165, 1.54) is 0 Å². The number of rotatable bonds is 5. The maximum atomic E-state index is 13.4. The first-order chi connectivity index (χ1) is 11.0. The SMILES string of the molecule is Cc1ccc(C(=O)CCNC(=O)Nc2ccc(F)cc2F)cc1. The van der Waals surface area contributed by atoms with Gasteiger partial charge >= 0.3 is 6.03 Å². The van der Waals surface area contributed by atoms with Gasteiger partial charge in [0, 0.05) is 24.6 Å². The maximum Gasteiger partial charge on any atom is 0.319 e. The van der Waals surface area contributed by atoms with Gasteiger partial charge in [-0.3, -0.25) is 4.79 Å². The molecule has 0 saturated heterocycles. The lowest BCUT2D eigenvalue weighted by molar-refractivity contribution is 0.0983. The summed E-state index contributed by atoms with van der Waals surface area (Å²) in [6.07, 6.45) is 0.127. The Labute approximate surface area is 132 Å². The molecular formula is C17H16F2N2O2. The molecule has 0 atom stereocenters. The van der Waals surface area contributed by atoms with E-state index < -0.39 is 17.7 Å². The molecule has 0 aliphatic rings. The number of ketones is 1. The molecule has 2 N–H and O–H groups in total. The summed E-state index contributed by atoms with van der Waals surface area (Å²) in [5.74, 6) is -1.69. The molecule has 4 nitrogen and oxygen atoms in total. The summed E-state index contributed by atoms with van der Waals surface area (Å²) in [5, 5.41) is 4.71. The van der Waals surface area contributed by atoms with Crippen LogP contribution >= 0.6 is 0 Å². The van der Waals surface area contributed by atoms with E-state index in [4.69, 9.17) is 0 Å². The quantitative estimate of drug-likeness (QED) is 0.827. The van der Waals surface area contributed by atoms with Crippen molar-refractivity contribution in [2.45, 2.75) is 13.3 Å². The molecule has 0 heterocycles. The van der Waals surface area contributed by atoms with Gasteiger partial charge in [-0.25, -0.2) is 13.6 Å². The number of aryl methyl sites for hydroxylation is 1. The van der Waals surface area contributed by atoms with Gasteiger partial charge in [0.15, 0.2) is 5.78 Å². The lowest BCUT2D eigenvalue weighted by Gasteiger charge is -2.08. The zero-order valence-corrected chi connectivity index (χ0v) is 12.5. The number of carbonyl (C=O) groups excluding carboxylic acids is 2. The number of amides is 2. The van der Waals surface area contributed by atoms with Gasteiger partial charge < -0.3 is 10.6 Å². The molecule has 0 aliphatic heterocycles. The van der Waals surface area contributed by atoms with Crippen molar-refractivity contribution in [2.75, 3.05) is 11.9 Å². The van der Waals surface area contributed by atoms with Crippen molar-refractivity contribution >= 4 is 17.5 Å². The van der Waals surface area contributed by atoms with Crippen molar-refractivity contribution in [3.05, 3.63) is 65.2 Å². The molecule has 2 rings (SSSR count). The molecule has 120 valence electrons. The van der Waals surface area contributed by atoms with Crippen LogP contribution in [0.4, 0.5) is 19.3 Å². The van der Waals surface area contributed by atoms with Crippen LogP contribution in [0.3, 0.4) is 0 Å². The number of hydrogen-bond donors (Lipinski definition) is 2. The second-order valence-electron chi connectivity index (χ2n) is 5.04. The predicted octanol–water partition coefficient (Wildman–Crippen LogP) is 3.67. The molecule has 2 aromatic carbocycles. The molecule has 0 aliphatic carbocycles. The van der Waals surface area contributed by atoms with E-state index in [9.17, 15) is 18.4 Å². The minimum atomic E-state index is -0.865. The molecule has 0 unspecified atom stereocenters. The molecular weight excluding hydrogens is 302 g/mol. The van der Waals surface area contributed by atoms with Crippen LogP contribution in [0, 0.1) is 18.6 Å². The van der Waals surface area contributed by atoms with Gasteiger partial charge in [-0.1, -0.05) is 29.8 Å².